The molecule has 2 rings (SSSR count). The lowest BCUT2D eigenvalue weighted by molar-refractivity contribution is 0.286. The molecule has 19 heavy (non-hydrogen) atoms. The van der Waals surface area contributed by atoms with Crippen LogP contribution in [0.4, 0.5) is 4.39 Å². The molecule has 1 heterocycles. The molecule has 4 heteroatoms. The van der Waals surface area contributed by atoms with Gasteiger partial charge in [-0.3, -0.25) is 0 Å². The first-order valence-electron chi connectivity index (χ1n) is 6.44. The fourth-order valence-corrected chi connectivity index (χ4v) is 1.75. The number of halogens is 1. The minimum atomic E-state index is -0.350. The van der Waals surface area contributed by atoms with Crippen LogP contribution in [0.15, 0.2) is 41.0 Å². The van der Waals surface area contributed by atoms with Crippen molar-refractivity contribution in [2.24, 2.45) is 0 Å². The Balaban J connectivity index is 1.93. The van der Waals surface area contributed by atoms with Gasteiger partial charge < -0.3 is 14.5 Å². The van der Waals surface area contributed by atoms with Gasteiger partial charge >= 0.3 is 0 Å². The molecule has 0 fully saturated rings. The maximum absolute atomic E-state index is 13.4. The molecule has 0 aliphatic carbocycles. The molecule has 0 aliphatic heterocycles. The van der Waals surface area contributed by atoms with E-state index in [2.05, 4.69) is 12.2 Å². The van der Waals surface area contributed by atoms with Gasteiger partial charge in [-0.25, -0.2) is 4.39 Å². The first-order chi connectivity index (χ1) is 9.31. The van der Waals surface area contributed by atoms with Crippen LogP contribution in [-0.2, 0) is 13.2 Å². The van der Waals surface area contributed by atoms with Gasteiger partial charge in [0.05, 0.1) is 12.8 Å². The summed E-state index contributed by atoms with van der Waals surface area (Å²) in [4.78, 5) is 0. The second-order valence-electron chi connectivity index (χ2n) is 4.26. The van der Waals surface area contributed by atoms with E-state index in [4.69, 9.17) is 9.15 Å². The van der Waals surface area contributed by atoms with E-state index in [0.717, 1.165) is 24.3 Å². The number of rotatable bonds is 7. The van der Waals surface area contributed by atoms with Crippen LogP contribution in [0.5, 0.6) is 5.75 Å². The van der Waals surface area contributed by atoms with E-state index in [9.17, 15) is 4.39 Å². The molecule has 0 spiro atoms. The van der Waals surface area contributed by atoms with Crippen LogP contribution >= 0.6 is 0 Å². The molecule has 0 saturated heterocycles. The second kappa shape index (κ2) is 6.95. The Hall–Kier alpha value is -1.81. The Labute approximate surface area is 112 Å². The molecule has 0 bridgehead atoms. The van der Waals surface area contributed by atoms with E-state index in [-0.39, 0.29) is 11.6 Å². The van der Waals surface area contributed by atoms with Crippen molar-refractivity contribution in [3.8, 4) is 5.75 Å². The van der Waals surface area contributed by atoms with E-state index in [1.165, 1.54) is 6.07 Å². The standard InChI is InChI=1S/C15H18FNO2/c1-2-8-17-10-15-12(7-9-18-15)11-19-14-6-4-3-5-13(14)16/h3-7,9,17H,2,8,10-11H2,1H3. The maximum atomic E-state index is 13.4. The van der Waals surface area contributed by atoms with Crippen molar-refractivity contribution in [1.29, 1.82) is 0 Å². The summed E-state index contributed by atoms with van der Waals surface area (Å²) in [5.41, 5.74) is 0.937. The molecule has 0 radical (unpaired) electrons. The van der Waals surface area contributed by atoms with E-state index in [1.807, 2.05) is 6.07 Å². The summed E-state index contributed by atoms with van der Waals surface area (Å²) < 4.78 is 24.3. The van der Waals surface area contributed by atoms with Crippen LogP contribution < -0.4 is 10.1 Å². The SMILES string of the molecule is CCCNCc1occc1COc1ccccc1F. The monoisotopic (exact) mass is 263 g/mol. The van der Waals surface area contributed by atoms with E-state index in [1.54, 1.807) is 24.5 Å². The zero-order valence-corrected chi connectivity index (χ0v) is 11.0. The van der Waals surface area contributed by atoms with Gasteiger partial charge in [-0.15, -0.1) is 0 Å². The van der Waals surface area contributed by atoms with Gasteiger partial charge in [0.15, 0.2) is 11.6 Å². The smallest absolute Gasteiger partial charge is 0.165 e. The Morgan fingerprint density at radius 2 is 2.11 bits per heavy atom. The Morgan fingerprint density at radius 1 is 1.26 bits per heavy atom. The lowest BCUT2D eigenvalue weighted by atomic mass is 10.2. The first kappa shape index (κ1) is 13.6. The highest BCUT2D eigenvalue weighted by Crippen LogP contribution is 2.19. The molecule has 2 aromatic rings. The van der Waals surface area contributed by atoms with E-state index in [0.29, 0.717) is 13.2 Å². The van der Waals surface area contributed by atoms with Crippen molar-refractivity contribution >= 4 is 0 Å². The summed E-state index contributed by atoms with van der Waals surface area (Å²) in [5.74, 6) is 0.748. The highest BCUT2D eigenvalue weighted by atomic mass is 19.1. The summed E-state index contributed by atoms with van der Waals surface area (Å²) in [6.07, 6.45) is 2.70. The highest BCUT2D eigenvalue weighted by Gasteiger charge is 2.08. The number of ether oxygens (including phenoxy) is 1. The Morgan fingerprint density at radius 3 is 2.89 bits per heavy atom. The predicted octanol–water partition coefficient (Wildman–Crippen LogP) is 3.50. The van der Waals surface area contributed by atoms with Crippen LogP contribution in [0.2, 0.25) is 0 Å². The van der Waals surface area contributed by atoms with Gasteiger partial charge in [-0.2, -0.15) is 0 Å². The molecule has 1 aromatic carbocycles. The van der Waals surface area contributed by atoms with Crippen molar-refractivity contribution in [2.75, 3.05) is 6.54 Å². The van der Waals surface area contributed by atoms with Crippen molar-refractivity contribution in [2.45, 2.75) is 26.5 Å². The summed E-state index contributed by atoms with van der Waals surface area (Å²) >= 11 is 0. The molecule has 0 aliphatic rings. The Bertz CT molecular complexity index is 510. The normalized spacial score (nSPS) is 10.6. The minimum Gasteiger partial charge on any atom is -0.486 e. The van der Waals surface area contributed by atoms with E-state index >= 15 is 0 Å². The quantitative estimate of drug-likeness (QED) is 0.776. The second-order valence-corrected chi connectivity index (χ2v) is 4.26. The number of para-hydroxylation sites is 1. The molecule has 1 aromatic heterocycles. The van der Waals surface area contributed by atoms with Crippen molar-refractivity contribution < 1.29 is 13.5 Å². The summed E-state index contributed by atoms with van der Waals surface area (Å²) in [6, 6.07) is 8.24. The largest absolute Gasteiger partial charge is 0.486 e. The molecule has 3 nitrogen and oxygen atoms in total. The number of benzene rings is 1. The zero-order chi connectivity index (χ0) is 13.5. The molecule has 0 saturated carbocycles. The predicted molar refractivity (Wildman–Crippen MR) is 71.4 cm³/mol. The topological polar surface area (TPSA) is 34.4 Å². The molecule has 0 unspecified atom stereocenters. The van der Waals surface area contributed by atoms with Crippen molar-refractivity contribution in [3.05, 3.63) is 53.7 Å². The van der Waals surface area contributed by atoms with E-state index < -0.39 is 0 Å². The fourth-order valence-electron chi connectivity index (χ4n) is 1.75. The molecule has 0 atom stereocenters. The summed E-state index contributed by atoms with van der Waals surface area (Å²) in [5, 5.41) is 3.26. The van der Waals surface area contributed by atoms with Crippen LogP contribution in [-0.4, -0.2) is 6.54 Å². The molecular weight excluding hydrogens is 245 g/mol. The number of furan rings is 1. The molecule has 102 valence electrons. The number of nitrogens with one attached hydrogen (secondary N) is 1. The lowest BCUT2D eigenvalue weighted by Gasteiger charge is -2.07. The first-order valence-corrected chi connectivity index (χ1v) is 6.44. The minimum absolute atomic E-state index is 0.260. The van der Waals surface area contributed by atoms with Crippen LogP contribution in [0.3, 0.4) is 0 Å². The van der Waals surface area contributed by atoms with Gasteiger partial charge in [0.1, 0.15) is 12.4 Å². The fraction of sp³-hybridized carbons (Fsp3) is 0.333. The number of hydrogen-bond donors (Lipinski definition) is 1. The highest BCUT2D eigenvalue weighted by molar-refractivity contribution is 5.25. The van der Waals surface area contributed by atoms with Gasteiger partial charge in [0.25, 0.3) is 0 Å². The molecular formula is C15H18FNO2. The third-order valence-corrected chi connectivity index (χ3v) is 2.77. The van der Waals surface area contributed by atoms with Crippen LogP contribution in [0.25, 0.3) is 0 Å². The van der Waals surface area contributed by atoms with Gasteiger partial charge in [-0.1, -0.05) is 19.1 Å². The maximum Gasteiger partial charge on any atom is 0.165 e. The molecule has 1 N–H and O–H groups in total. The van der Waals surface area contributed by atoms with Gasteiger partial charge in [0.2, 0.25) is 0 Å². The third-order valence-electron chi connectivity index (χ3n) is 2.77. The van der Waals surface area contributed by atoms with Crippen LogP contribution in [0.1, 0.15) is 24.7 Å². The zero-order valence-electron chi connectivity index (χ0n) is 11.0. The average Bonchev–Trinajstić information content (AvgIpc) is 2.86. The molecule has 0 amide bonds. The van der Waals surface area contributed by atoms with Gasteiger partial charge in [0, 0.05) is 5.56 Å². The third kappa shape index (κ3) is 3.83. The van der Waals surface area contributed by atoms with Crippen molar-refractivity contribution in [1.82, 2.24) is 5.32 Å². The van der Waals surface area contributed by atoms with Crippen LogP contribution in [0, 0.1) is 5.82 Å². The summed E-state index contributed by atoms with van der Waals surface area (Å²) in [6.45, 7) is 4.02. The van der Waals surface area contributed by atoms with Gasteiger partial charge in [-0.05, 0) is 31.2 Å². The average molecular weight is 263 g/mol. The lowest BCUT2D eigenvalue weighted by Crippen LogP contribution is -2.14. The summed E-state index contributed by atoms with van der Waals surface area (Å²) in [7, 11) is 0. The number of hydrogen-bond acceptors (Lipinski definition) is 3. The van der Waals surface area contributed by atoms with Crippen molar-refractivity contribution in [3.63, 3.8) is 0 Å². The Kier molecular flexibility index (Phi) is 4.98.